The van der Waals surface area contributed by atoms with Crippen molar-refractivity contribution in [1.82, 2.24) is 4.90 Å². The third-order valence-corrected chi connectivity index (χ3v) is 8.66. The van der Waals surface area contributed by atoms with Crippen LogP contribution in [0.5, 0.6) is 5.75 Å². The molecule has 4 rings (SSSR count). The van der Waals surface area contributed by atoms with E-state index in [9.17, 15) is 48.0 Å². The molecule has 1 amide bonds. The predicted molar refractivity (Wildman–Crippen MR) is 142 cm³/mol. The van der Waals surface area contributed by atoms with Crippen LogP contribution in [0.3, 0.4) is 0 Å². The lowest BCUT2D eigenvalue weighted by atomic mass is 9.57. The molecule has 3 aliphatic rings. The number of carbonyl (C=O) groups is 3. The summed E-state index contributed by atoms with van der Waals surface area (Å²) in [5, 5.41) is 45.3. The molecule has 0 aromatic heterocycles. The fraction of sp³-hybridized carbons (Fsp3) is 0.536. The first-order valence-corrected chi connectivity index (χ1v) is 13.1. The number of phenolic OH excluding ortho intramolecular Hbond substituents is 1. The van der Waals surface area contributed by atoms with Gasteiger partial charge in [-0.1, -0.05) is 6.92 Å². The Balaban J connectivity index is 1.92. The molecule has 224 valence electrons. The number of primary amides is 1. The molecule has 0 heterocycles. The molecule has 6 N–H and O–H groups in total. The van der Waals surface area contributed by atoms with Crippen molar-refractivity contribution in [1.29, 1.82) is 0 Å². The Bertz CT molecular complexity index is 1400. The Labute approximate surface area is 234 Å². The molecule has 1 aromatic carbocycles. The average molecular weight is 582 g/mol. The Morgan fingerprint density at radius 2 is 1.78 bits per heavy atom. The summed E-state index contributed by atoms with van der Waals surface area (Å²) in [5.74, 6) is -9.33. The quantitative estimate of drug-likeness (QED) is 0.317. The third-order valence-electron chi connectivity index (χ3n) is 8.66. The van der Waals surface area contributed by atoms with E-state index < -0.39 is 75.9 Å². The number of nitrogens with two attached hydrogens (primary N) is 1. The number of ketones is 2. The molecule has 10 nitrogen and oxygen atoms in total. The van der Waals surface area contributed by atoms with E-state index in [2.05, 4.69) is 0 Å². The Morgan fingerprint density at radius 1 is 1.17 bits per heavy atom. The monoisotopic (exact) mass is 581 g/mol. The first-order valence-electron chi connectivity index (χ1n) is 13.1. The summed E-state index contributed by atoms with van der Waals surface area (Å²) in [4.78, 5) is 42.4. The van der Waals surface area contributed by atoms with Gasteiger partial charge in [0.1, 0.15) is 22.8 Å². The topological polar surface area (TPSA) is 165 Å². The van der Waals surface area contributed by atoms with Gasteiger partial charge >= 0.3 is 6.18 Å². The van der Waals surface area contributed by atoms with Gasteiger partial charge < -0.3 is 31.1 Å². The van der Waals surface area contributed by atoms with E-state index in [4.69, 9.17) is 5.73 Å². The lowest BCUT2D eigenvalue weighted by Gasteiger charge is -2.50. The highest BCUT2D eigenvalue weighted by atomic mass is 19.4. The van der Waals surface area contributed by atoms with Crippen molar-refractivity contribution in [2.75, 3.05) is 33.1 Å². The number of aromatic hydroxyl groups is 1. The van der Waals surface area contributed by atoms with Gasteiger partial charge in [-0.2, -0.15) is 13.2 Å². The van der Waals surface area contributed by atoms with Crippen LogP contribution < -0.4 is 10.6 Å². The summed E-state index contributed by atoms with van der Waals surface area (Å²) in [6.45, 7) is 1.03. The molecule has 0 saturated heterocycles. The first kappa shape index (κ1) is 30.4. The van der Waals surface area contributed by atoms with Crippen molar-refractivity contribution in [2.24, 2.45) is 23.5 Å². The van der Waals surface area contributed by atoms with Crippen LogP contribution in [0.4, 0.5) is 18.9 Å². The number of halogens is 3. The van der Waals surface area contributed by atoms with E-state index in [-0.39, 0.29) is 42.4 Å². The summed E-state index contributed by atoms with van der Waals surface area (Å²) in [6, 6.07) is 0.351. The van der Waals surface area contributed by atoms with Gasteiger partial charge in [-0.15, -0.1) is 0 Å². The minimum absolute atomic E-state index is 0.0652. The molecule has 5 atom stereocenters. The SMILES string of the molecule is CC(CCc1cc(N(C)C)c2c(c1O)C(O)=C1C(=O)[C@]3(O)C(O)=C(C(N)=O)C(=O)C(N(C)C)[C@@H]3C[C@H]1C2)C(F)(F)F. The van der Waals surface area contributed by atoms with Gasteiger partial charge in [0.25, 0.3) is 5.91 Å². The summed E-state index contributed by atoms with van der Waals surface area (Å²) in [5.41, 5.74) is 2.24. The molecular weight excluding hydrogens is 547 g/mol. The number of aliphatic hydroxyl groups excluding tert-OH is 2. The largest absolute Gasteiger partial charge is 0.508 e. The number of rotatable bonds is 6. The zero-order chi connectivity index (χ0) is 30.9. The summed E-state index contributed by atoms with van der Waals surface area (Å²) in [7, 11) is 6.39. The molecule has 3 aliphatic carbocycles. The van der Waals surface area contributed by atoms with Gasteiger partial charge in [-0.05, 0) is 62.9 Å². The van der Waals surface area contributed by atoms with Crippen LogP contribution in [-0.4, -0.2) is 88.8 Å². The van der Waals surface area contributed by atoms with Crippen molar-refractivity contribution in [2.45, 2.75) is 50.4 Å². The lowest BCUT2D eigenvalue weighted by molar-refractivity contribution is -0.171. The molecule has 1 fully saturated rings. The standard InChI is InChI=1S/C28H34F3N3O7/c1-11(28(29,30)31)6-7-12-10-16(33(2)3)14-8-13-9-15-20(34(4)5)23(37)19(26(32)40)25(39)27(15,41)24(38)17(13)22(36)18(14)21(12)35/h10-11,13,15,20,35-36,39,41H,6-9H2,1-5H3,(H2,32,40)/t11?,13-,15+,20?,27+/m1/s1. The zero-order valence-electron chi connectivity index (χ0n) is 23.3. The molecule has 0 radical (unpaired) electrons. The number of phenols is 1. The molecule has 0 spiro atoms. The minimum Gasteiger partial charge on any atom is -0.508 e. The van der Waals surface area contributed by atoms with Crippen LogP contribution in [0, 0.1) is 17.8 Å². The molecule has 0 bridgehead atoms. The van der Waals surface area contributed by atoms with Crippen molar-refractivity contribution in [3.05, 3.63) is 39.7 Å². The number of fused-ring (bicyclic) bond motifs is 3. The van der Waals surface area contributed by atoms with E-state index in [1.807, 2.05) is 0 Å². The second-order valence-corrected chi connectivity index (χ2v) is 11.6. The van der Waals surface area contributed by atoms with E-state index in [0.29, 0.717) is 11.3 Å². The van der Waals surface area contributed by atoms with Crippen molar-refractivity contribution >= 4 is 28.9 Å². The van der Waals surface area contributed by atoms with Crippen LogP contribution in [0.2, 0.25) is 0 Å². The highest BCUT2D eigenvalue weighted by Gasteiger charge is 2.64. The maximum Gasteiger partial charge on any atom is 0.391 e. The number of alkyl halides is 3. The number of likely N-dealkylation sites (N-methyl/N-ethyl adjacent to an activating group) is 1. The van der Waals surface area contributed by atoms with E-state index in [1.165, 1.54) is 19.0 Å². The number of benzene rings is 1. The number of aliphatic hydroxyl groups is 3. The average Bonchev–Trinajstić information content (AvgIpc) is 2.84. The van der Waals surface area contributed by atoms with E-state index in [1.54, 1.807) is 25.1 Å². The van der Waals surface area contributed by atoms with Crippen molar-refractivity contribution in [3.63, 3.8) is 0 Å². The number of carbonyl (C=O) groups excluding carboxylic acids is 3. The molecule has 13 heteroatoms. The van der Waals surface area contributed by atoms with E-state index in [0.717, 1.165) is 6.92 Å². The minimum atomic E-state index is -4.43. The molecule has 0 aliphatic heterocycles. The van der Waals surface area contributed by atoms with Crippen molar-refractivity contribution in [3.8, 4) is 5.75 Å². The molecule has 1 aromatic rings. The van der Waals surface area contributed by atoms with Gasteiger partial charge in [0, 0.05) is 31.3 Å². The van der Waals surface area contributed by atoms with E-state index >= 15 is 0 Å². The number of hydrogen-bond acceptors (Lipinski definition) is 9. The second kappa shape index (κ2) is 10.1. The van der Waals surface area contributed by atoms with Crippen LogP contribution in [-0.2, 0) is 27.2 Å². The normalized spacial score (nSPS) is 27.0. The number of Topliss-reactive ketones (excluding diaryl/α,β-unsaturated/α-hetero) is 2. The molecule has 1 saturated carbocycles. The first-order chi connectivity index (χ1) is 18.8. The summed E-state index contributed by atoms with van der Waals surface area (Å²) in [6.07, 6.45) is -4.93. The van der Waals surface area contributed by atoms with Gasteiger partial charge in [0.2, 0.25) is 5.78 Å². The van der Waals surface area contributed by atoms with Crippen LogP contribution >= 0.6 is 0 Å². The smallest absolute Gasteiger partial charge is 0.391 e. The Morgan fingerprint density at radius 3 is 2.29 bits per heavy atom. The maximum atomic E-state index is 14.0. The maximum absolute atomic E-state index is 14.0. The Kier molecular flexibility index (Phi) is 7.45. The van der Waals surface area contributed by atoms with Crippen molar-refractivity contribution < 1.29 is 48.0 Å². The third kappa shape index (κ3) is 4.55. The van der Waals surface area contributed by atoms with Gasteiger partial charge in [-0.25, -0.2) is 0 Å². The number of aryl methyl sites for hydroxylation is 1. The zero-order valence-corrected chi connectivity index (χ0v) is 23.3. The highest BCUT2D eigenvalue weighted by Crippen LogP contribution is 2.54. The van der Waals surface area contributed by atoms with Gasteiger partial charge in [-0.3, -0.25) is 19.3 Å². The Hall–Kier alpha value is -3.58. The number of hydrogen-bond donors (Lipinski definition) is 5. The van der Waals surface area contributed by atoms with Crippen LogP contribution in [0.25, 0.3) is 5.76 Å². The molecule has 2 unspecified atom stereocenters. The lowest BCUT2D eigenvalue weighted by Crippen LogP contribution is -2.65. The predicted octanol–water partition coefficient (Wildman–Crippen LogP) is 2.16. The van der Waals surface area contributed by atoms with Gasteiger partial charge in [0.15, 0.2) is 11.4 Å². The number of amides is 1. The fourth-order valence-corrected chi connectivity index (χ4v) is 6.47. The molecule has 41 heavy (non-hydrogen) atoms. The highest BCUT2D eigenvalue weighted by molar-refractivity contribution is 6.24. The van der Waals surface area contributed by atoms with Crippen LogP contribution in [0.1, 0.15) is 36.5 Å². The fourth-order valence-electron chi connectivity index (χ4n) is 6.47. The number of anilines is 1. The number of nitrogens with zero attached hydrogens (tertiary/aromatic N) is 2. The molecular formula is C28H34F3N3O7. The summed E-state index contributed by atoms with van der Waals surface area (Å²) < 4.78 is 39.5. The second-order valence-electron chi connectivity index (χ2n) is 11.6. The van der Waals surface area contributed by atoms with Crippen LogP contribution in [0.15, 0.2) is 23.0 Å². The van der Waals surface area contributed by atoms with Gasteiger partial charge in [0.05, 0.1) is 17.5 Å². The summed E-state index contributed by atoms with van der Waals surface area (Å²) >= 11 is 0.